The van der Waals surface area contributed by atoms with E-state index < -0.39 is 21.8 Å². The third-order valence-corrected chi connectivity index (χ3v) is 6.95. The average molecular weight is 493 g/mol. The lowest BCUT2D eigenvalue weighted by Crippen LogP contribution is -2.22. The average Bonchev–Trinajstić information content (AvgIpc) is 3.40. The lowest BCUT2D eigenvalue weighted by atomic mass is 10.1. The SMILES string of the molecule is COC(=O)C1=C(C)N(c2ccc(C)cc2)C(=Cc2ccc(CNS(=O)(=O)c3ccccc3)o2)C1=O. The molecule has 0 saturated carbocycles. The summed E-state index contributed by atoms with van der Waals surface area (Å²) < 4.78 is 38.0. The summed E-state index contributed by atoms with van der Waals surface area (Å²) in [6.07, 6.45) is 1.52. The third-order valence-electron chi connectivity index (χ3n) is 5.53. The van der Waals surface area contributed by atoms with Crippen molar-refractivity contribution < 1.29 is 27.2 Å². The summed E-state index contributed by atoms with van der Waals surface area (Å²) in [4.78, 5) is 27.3. The number of methoxy groups -OCH3 is 1. The number of rotatable bonds is 7. The number of hydrogen-bond acceptors (Lipinski definition) is 7. The number of allylic oxidation sites excluding steroid dienone is 2. The number of esters is 1. The van der Waals surface area contributed by atoms with E-state index >= 15 is 0 Å². The van der Waals surface area contributed by atoms with Gasteiger partial charge in [-0.3, -0.25) is 4.79 Å². The van der Waals surface area contributed by atoms with Gasteiger partial charge in [-0.1, -0.05) is 35.9 Å². The Morgan fingerprint density at radius 1 is 1.03 bits per heavy atom. The Balaban J connectivity index is 1.62. The Kier molecular flexibility index (Phi) is 6.72. The summed E-state index contributed by atoms with van der Waals surface area (Å²) in [5, 5.41) is 0. The fraction of sp³-hybridized carbons (Fsp3) is 0.154. The number of furan rings is 1. The highest BCUT2D eigenvalue weighted by Crippen LogP contribution is 2.36. The van der Waals surface area contributed by atoms with E-state index in [1.807, 2.05) is 31.2 Å². The Morgan fingerprint density at radius 3 is 2.37 bits per heavy atom. The molecule has 0 atom stereocenters. The molecule has 0 radical (unpaired) electrons. The van der Waals surface area contributed by atoms with Crippen LogP contribution >= 0.6 is 0 Å². The van der Waals surface area contributed by atoms with E-state index in [0.717, 1.165) is 5.56 Å². The van der Waals surface area contributed by atoms with Gasteiger partial charge in [0.25, 0.3) is 0 Å². The van der Waals surface area contributed by atoms with Crippen molar-refractivity contribution in [3.05, 3.63) is 101 Å². The molecular formula is C26H24N2O6S. The van der Waals surface area contributed by atoms with Gasteiger partial charge in [-0.2, -0.15) is 0 Å². The quantitative estimate of drug-likeness (QED) is 0.302. The predicted molar refractivity (Wildman–Crippen MR) is 131 cm³/mol. The van der Waals surface area contributed by atoms with Crippen molar-refractivity contribution >= 4 is 33.5 Å². The van der Waals surface area contributed by atoms with Crippen molar-refractivity contribution in [2.75, 3.05) is 12.0 Å². The number of ketones is 1. The Hall–Kier alpha value is -3.95. The van der Waals surface area contributed by atoms with E-state index in [-0.39, 0.29) is 22.7 Å². The first-order chi connectivity index (χ1) is 16.7. The smallest absolute Gasteiger partial charge is 0.343 e. The molecule has 1 aromatic heterocycles. The van der Waals surface area contributed by atoms with Gasteiger partial charge >= 0.3 is 5.97 Å². The molecule has 2 aromatic carbocycles. The number of nitrogens with one attached hydrogen (secondary N) is 1. The van der Waals surface area contributed by atoms with Crippen LogP contribution in [0.2, 0.25) is 0 Å². The molecule has 0 fully saturated rings. The standard InChI is InChI=1S/C26H24N2O6S/c1-17-9-11-19(12-10-17)28-18(2)24(26(30)33-3)25(29)23(28)15-20-13-14-21(34-20)16-27-35(31,32)22-7-5-4-6-8-22/h4-15,27H,16H2,1-3H3. The largest absolute Gasteiger partial charge is 0.465 e. The molecule has 180 valence electrons. The van der Waals surface area contributed by atoms with Crippen molar-refractivity contribution in [3.8, 4) is 0 Å². The zero-order valence-electron chi connectivity index (χ0n) is 19.4. The van der Waals surface area contributed by atoms with Gasteiger partial charge < -0.3 is 14.1 Å². The highest BCUT2D eigenvalue weighted by atomic mass is 32.2. The first-order valence-electron chi connectivity index (χ1n) is 10.8. The Morgan fingerprint density at radius 2 is 1.71 bits per heavy atom. The molecule has 9 heteroatoms. The summed E-state index contributed by atoms with van der Waals surface area (Å²) in [5.74, 6) is -0.513. The van der Waals surface area contributed by atoms with Crippen molar-refractivity contribution in [1.82, 2.24) is 4.72 Å². The molecule has 4 rings (SSSR count). The van der Waals surface area contributed by atoms with E-state index in [1.165, 1.54) is 25.3 Å². The van der Waals surface area contributed by atoms with Gasteiger partial charge in [-0.15, -0.1) is 0 Å². The van der Waals surface area contributed by atoms with E-state index in [4.69, 9.17) is 9.15 Å². The van der Waals surface area contributed by atoms with E-state index in [9.17, 15) is 18.0 Å². The number of carbonyl (C=O) groups is 2. The van der Waals surface area contributed by atoms with Crippen molar-refractivity contribution in [2.24, 2.45) is 0 Å². The third kappa shape index (κ3) is 4.96. The van der Waals surface area contributed by atoms with Gasteiger partial charge in [0, 0.05) is 17.5 Å². The number of carbonyl (C=O) groups excluding carboxylic acids is 2. The topological polar surface area (TPSA) is 106 Å². The lowest BCUT2D eigenvalue weighted by Gasteiger charge is -2.21. The molecule has 0 saturated heterocycles. The summed E-state index contributed by atoms with van der Waals surface area (Å²) in [7, 11) is -2.48. The van der Waals surface area contributed by atoms with Crippen molar-refractivity contribution in [1.29, 1.82) is 0 Å². The highest BCUT2D eigenvalue weighted by molar-refractivity contribution is 7.89. The molecule has 3 aromatic rings. The first kappa shape index (κ1) is 24.2. The molecule has 1 aliphatic heterocycles. The minimum atomic E-state index is -3.70. The maximum Gasteiger partial charge on any atom is 0.343 e. The lowest BCUT2D eigenvalue weighted by molar-refractivity contribution is -0.137. The van der Waals surface area contributed by atoms with Crippen molar-refractivity contribution in [3.63, 3.8) is 0 Å². The Bertz CT molecular complexity index is 1430. The van der Waals surface area contributed by atoms with E-state index in [0.29, 0.717) is 22.9 Å². The first-order valence-corrected chi connectivity index (χ1v) is 12.3. The molecule has 0 bridgehead atoms. The van der Waals surface area contributed by atoms with Crippen LogP contribution in [0.1, 0.15) is 24.0 Å². The second-order valence-corrected chi connectivity index (χ2v) is 9.69. The van der Waals surface area contributed by atoms with Crippen LogP contribution in [0.4, 0.5) is 5.69 Å². The Labute approximate surface area is 203 Å². The number of Topliss-reactive ketones (excluding diaryl/α,β-unsaturated/α-hetero) is 1. The minimum Gasteiger partial charge on any atom is -0.465 e. The zero-order chi connectivity index (χ0) is 25.2. The second kappa shape index (κ2) is 9.73. The minimum absolute atomic E-state index is 0.0540. The van der Waals surface area contributed by atoms with Crippen LogP contribution in [-0.4, -0.2) is 27.3 Å². The summed E-state index contributed by atoms with van der Waals surface area (Å²) in [5.41, 5.74) is 2.36. The zero-order valence-corrected chi connectivity index (χ0v) is 20.3. The molecular weight excluding hydrogens is 468 g/mol. The molecule has 0 unspecified atom stereocenters. The molecule has 2 heterocycles. The predicted octanol–water partition coefficient (Wildman–Crippen LogP) is 3.94. The maximum atomic E-state index is 13.2. The van der Waals surface area contributed by atoms with Gasteiger partial charge in [0.1, 0.15) is 17.1 Å². The molecule has 0 amide bonds. The number of aryl methyl sites for hydroxylation is 1. The number of anilines is 1. The number of nitrogens with zero attached hydrogens (tertiary/aromatic N) is 1. The summed E-state index contributed by atoms with van der Waals surface area (Å²) in [6.45, 7) is 3.56. The van der Waals surface area contributed by atoms with Gasteiger partial charge in [0.15, 0.2) is 0 Å². The van der Waals surface area contributed by atoms with Gasteiger partial charge in [-0.25, -0.2) is 17.9 Å². The molecule has 1 N–H and O–H groups in total. The van der Waals surface area contributed by atoms with E-state index in [2.05, 4.69) is 4.72 Å². The number of sulfonamides is 1. The monoisotopic (exact) mass is 492 g/mol. The second-order valence-electron chi connectivity index (χ2n) is 7.92. The maximum absolute atomic E-state index is 13.2. The highest BCUT2D eigenvalue weighted by Gasteiger charge is 2.38. The van der Waals surface area contributed by atoms with E-state index in [1.54, 1.807) is 42.2 Å². The van der Waals surface area contributed by atoms with Crippen LogP contribution in [0.5, 0.6) is 0 Å². The number of hydrogen-bond donors (Lipinski definition) is 1. The van der Waals surface area contributed by atoms with Crippen molar-refractivity contribution in [2.45, 2.75) is 25.3 Å². The molecule has 1 aliphatic rings. The number of benzene rings is 2. The van der Waals surface area contributed by atoms with Crippen LogP contribution in [0.25, 0.3) is 6.08 Å². The normalized spacial score (nSPS) is 15.2. The molecule has 0 spiro atoms. The fourth-order valence-electron chi connectivity index (χ4n) is 3.74. The van der Waals surface area contributed by atoms with Crippen LogP contribution in [0.15, 0.2) is 93.0 Å². The van der Waals surface area contributed by atoms with Crippen LogP contribution in [0.3, 0.4) is 0 Å². The fourth-order valence-corrected chi connectivity index (χ4v) is 4.75. The summed E-state index contributed by atoms with van der Waals surface area (Å²) >= 11 is 0. The molecule has 35 heavy (non-hydrogen) atoms. The van der Waals surface area contributed by atoms with Gasteiger partial charge in [0.2, 0.25) is 15.8 Å². The number of ether oxygens (including phenoxy) is 1. The molecule has 0 aliphatic carbocycles. The molecule has 8 nitrogen and oxygen atoms in total. The van der Waals surface area contributed by atoms with Crippen LogP contribution in [-0.2, 0) is 30.9 Å². The van der Waals surface area contributed by atoms with Gasteiger partial charge in [-0.05, 0) is 50.2 Å². The van der Waals surface area contributed by atoms with Crippen LogP contribution < -0.4 is 9.62 Å². The van der Waals surface area contributed by atoms with Gasteiger partial charge in [0.05, 0.1) is 24.2 Å². The van der Waals surface area contributed by atoms with Crippen LogP contribution in [0, 0.1) is 6.92 Å². The summed E-state index contributed by atoms with van der Waals surface area (Å²) in [6, 6.07) is 18.8.